The van der Waals surface area contributed by atoms with Crippen molar-refractivity contribution in [2.45, 2.75) is 13.8 Å². The van der Waals surface area contributed by atoms with Gasteiger partial charge in [0.2, 0.25) is 5.91 Å². The normalized spacial score (nSPS) is 10.5. The molecule has 0 aromatic heterocycles. The van der Waals surface area contributed by atoms with E-state index >= 15 is 0 Å². The van der Waals surface area contributed by atoms with E-state index < -0.39 is 0 Å². The number of aryl methyl sites for hydroxylation is 1. The molecule has 1 aromatic carbocycles. The lowest BCUT2D eigenvalue weighted by atomic mass is 10.2. The van der Waals surface area contributed by atoms with Crippen molar-refractivity contribution in [3.05, 3.63) is 41.7 Å². The second kappa shape index (κ2) is 4.56. The summed E-state index contributed by atoms with van der Waals surface area (Å²) in [6, 6.07) is 4.41. The van der Waals surface area contributed by atoms with Crippen LogP contribution in [-0.4, -0.2) is 5.91 Å². The number of rotatable bonds is 2. The highest BCUT2D eigenvalue weighted by molar-refractivity contribution is 5.99. The first-order chi connectivity index (χ1) is 6.61. The van der Waals surface area contributed by atoms with E-state index in [1.807, 2.05) is 0 Å². The molecule has 0 atom stereocenters. The average Bonchev–Trinajstić information content (AvgIpc) is 2.01. The van der Waals surface area contributed by atoms with E-state index in [1.165, 1.54) is 18.2 Å². The van der Waals surface area contributed by atoms with Gasteiger partial charge in [-0.25, -0.2) is 4.39 Å². The summed E-state index contributed by atoms with van der Waals surface area (Å²) < 4.78 is 12.9. The maximum absolute atomic E-state index is 12.9. The van der Waals surface area contributed by atoms with Crippen LogP contribution in [-0.2, 0) is 4.79 Å². The Hall–Kier alpha value is -1.64. The molecular formula is C11H12FNO. The number of hydrogen-bond acceptors (Lipinski definition) is 1. The molecule has 0 bridgehead atoms. The first kappa shape index (κ1) is 10.4. The second-order valence-electron chi connectivity index (χ2n) is 3.01. The highest BCUT2D eigenvalue weighted by atomic mass is 19.1. The molecule has 1 aromatic rings. The van der Waals surface area contributed by atoms with Crippen molar-refractivity contribution in [1.82, 2.24) is 0 Å². The van der Waals surface area contributed by atoms with Crippen LogP contribution in [0.25, 0.3) is 0 Å². The second-order valence-corrected chi connectivity index (χ2v) is 3.01. The van der Waals surface area contributed by atoms with Crippen molar-refractivity contribution < 1.29 is 9.18 Å². The fraction of sp³-hybridized carbons (Fsp3) is 0.182. The van der Waals surface area contributed by atoms with E-state index in [0.29, 0.717) is 5.69 Å². The van der Waals surface area contributed by atoms with E-state index in [2.05, 4.69) is 5.32 Å². The SMILES string of the molecule is CC=CC(=O)Nc1cc(C)cc(F)c1. The van der Waals surface area contributed by atoms with Gasteiger partial charge < -0.3 is 5.32 Å². The third-order valence-corrected chi connectivity index (χ3v) is 1.63. The largest absolute Gasteiger partial charge is 0.322 e. The summed E-state index contributed by atoms with van der Waals surface area (Å²) in [6.45, 7) is 3.52. The Morgan fingerprint density at radius 2 is 2.14 bits per heavy atom. The minimum Gasteiger partial charge on any atom is -0.322 e. The maximum Gasteiger partial charge on any atom is 0.248 e. The first-order valence-corrected chi connectivity index (χ1v) is 4.32. The molecule has 3 heteroatoms. The number of allylic oxidation sites excluding steroid dienone is 1. The van der Waals surface area contributed by atoms with Crippen LogP contribution in [0.3, 0.4) is 0 Å². The van der Waals surface area contributed by atoms with Gasteiger partial charge in [0.1, 0.15) is 5.82 Å². The fourth-order valence-corrected chi connectivity index (χ4v) is 1.14. The molecule has 0 fully saturated rings. The number of anilines is 1. The van der Waals surface area contributed by atoms with Crippen LogP contribution in [0.4, 0.5) is 10.1 Å². The number of amides is 1. The summed E-state index contributed by atoms with van der Waals surface area (Å²) in [4.78, 5) is 11.1. The predicted molar refractivity (Wildman–Crippen MR) is 54.6 cm³/mol. The van der Waals surface area contributed by atoms with Crippen LogP contribution in [0.1, 0.15) is 12.5 Å². The molecule has 0 saturated carbocycles. The molecule has 14 heavy (non-hydrogen) atoms. The molecule has 0 spiro atoms. The number of hydrogen-bond donors (Lipinski definition) is 1. The monoisotopic (exact) mass is 193 g/mol. The molecule has 0 aliphatic carbocycles. The molecule has 0 unspecified atom stereocenters. The van der Waals surface area contributed by atoms with Crippen molar-refractivity contribution in [1.29, 1.82) is 0 Å². The van der Waals surface area contributed by atoms with Crippen LogP contribution < -0.4 is 5.32 Å². The zero-order valence-electron chi connectivity index (χ0n) is 8.17. The van der Waals surface area contributed by atoms with Crippen LogP contribution in [0.5, 0.6) is 0 Å². The number of benzene rings is 1. The summed E-state index contributed by atoms with van der Waals surface area (Å²) in [5, 5.41) is 2.56. The van der Waals surface area contributed by atoms with E-state index in [4.69, 9.17) is 0 Å². The standard InChI is InChI=1S/C11H12FNO/c1-3-4-11(14)13-10-6-8(2)5-9(12)7-10/h3-7H,1-2H3,(H,13,14). The van der Waals surface area contributed by atoms with Gasteiger partial charge >= 0.3 is 0 Å². The Morgan fingerprint density at radius 3 is 2.71 bits per heavy atom. The van der Waals surface area contributed by atoms with Gasteiger partial charge in [-0.1, -0.05) is 6.08 Å². The van der Waals surface area contributed by atoms with Crippen molar-refractivity contribution in [2.24, 2.45) is 0 Å². The van der Waals surface area contributed by atoms with Gasteiger partial charge in [-0.05, 0) is 43.7 Å². The molecule has 0 heterocycles. The Morgan fingerprint density at radius 1 is 1.43 bits per heavy atom. The third kappa shape index (κ3) is 3.01. The third-order valence-electron chi connectivity index (χ3n) is 1.63. The molecule has 1 amide bonds. The van der Waals surface area contributed by atoms with Gasteiger partial charge in [-0.15, -0.1) is 0 Å². The molecule has 0 aliphatic rings. The van der Waals surface area contributed by atoms with Gasteiger partial charge in [-0.2, -0.15) is 0 Å². The van der Waals surface area contributed by atoms with E-state index in [0.717, 1.165) is 5.56 Å². The fourth-order valence-electron chi connectivity index (χ4n) is 1.14. The molecule has 0 saturated heterocycles. The Bertz CT molecular complexity index is 351. The zero-order chi connectivity index (χ0) is 10.6. The molecule has 1 rings (SSSR count). The number of carbonyl (C=O) groups is 1. The molecule has 0 radical (unpaired) electrons. The average molecular weight is 193 g/mol. The molecule has 1 N–H and O–H groups in total. The molecule has 0 aliphatic heterocycles. The summed E-state index contributed by atoms with van der Waals surface area (Å²) in [7, 11) is 0. The minimum absolute atomic E-state index is 0.252. The first-order valence-electron chi connectivity index (χ1n) is 4.32. The Balaban J connectivity index is 2.81. The van der Waals surface area contributed by atoms with Crippen molar-refractivity contribution in [3.63, 3.8) is 0 Å². The minimum atomic E-state index is -0.347. The van der Waals surface area contributed by atoms with E-state index in [9.17, 15) is 9.18 Å². The smallest absolute Gasteiger partial charge is 0.248 e. The lowest BCUT2D eigenvalue weighted by Crippen LogP contribution is -2.07. The predicted octanol–water partition coefficient (Wildman–Crippen LogP) is 2.65. The number of carbonyl (C=O) groups excluding carboxylic acids is 1. The summed E-state index contributed by atoms with van der Waals surface area (Å²) in [6.07, 6.45) is 3.02. The van der Waals surface area contributed by atoms with Crippen molar-refractivity contribution in [2.75, 3.05) is 5.32 Å². The zero-order valence-corrected chi connectivity index (χ0v) is 8.17. The van der Waals surface area contributed by atoms with Crippen molar-refractivity contribution >= 4 is 11.6 Å². The lowest BCUT2D eigenvalue weighted by molar-refractivity contribution is -0.111. The summed E-state index contributed by atoms with van der Waals surface area (Å²) >= 11 is 0. The van der Waals surface area contributed by atoms with Crippen LogP contribution in [0, 0.1) is 12.7 Å². The highest BCUT2D eigenvalue weighted by Gasteiger charge is 2.00. The number of halogens is 1. The van der Waals surface area contributed by atoms with Gasteiger partial charge in [0.25, 0.3) is 0 Å². The van der Waals surface area contributed by atoms with Gasteiger partial charge in [0.05, 0.1) is 0 Å². The van der Waals surface area contributed by atoms with Crippen molar-refractivity contribution in [3.8, 4) is 0 Å². The Kier molecular flexibility index (Phi) is 3.40. The van der Waals surface area contributed by atoms with E-state index in [1.54, 1.807) is 26.0 Å². The maximum atomic E-state index is 12.9. The quantitative estimate of drug-likeness (QED) is 0.719. The van der Waals surface area contributed by atoms with Gasteiger partial charge in [0.15, 0.2) is 0 Å². The topological polar surface area (TPSA) is 29.1 Å². The summed E-state index contributed by atoms with van der Waals surface area (Å²) in [5.74, 6) is -0.599. The molecule has 2 nitrogen and oxygen atoms in total. The van der Waals surface area contributed by atoms with E-state index in [-0.39, 0.29) is 11.7 Å². The van der Waals surface area contributed by atoms with Crippen LogP contribution >= 0.6 is 0 Å². The highest BCUT2D eigenvalue weighted by Crippen LogP contribution is 2.12. The van der Waals surface area contributed by atoms with Gasteiger partial charge in [-0.3, -0.25) is 4.79 Å². The molecular weight excluding hydrogens is 181 g/mol. The van der Waals surface area contributed by atoms with Gasteiger partial charge in [0, 0.05) is 5.69 Å². The van der Waals surface area contributed by atoms with Crippen LogP contribution in [0.2, 0.25) is 0 Å². The molecule has 74 valence electrons. The summed E-state index contributed by atoms with van der Waals surface area (Å²) in [5.41, 5.74) is 1.26. The van der Waals surface area contributed by atoms with Crippen LogP contribution in [0.15, 0.2) is 30.4 Å². The Labute approximate surface area is 82.4 Å². The lowest BCUT2D eigenvalue weighted by Gasteiger charge is -2.03. The number of nitrogens with one attached hydrogen (secondary N) is 1.